The second kappa shape index (κ2) is 8.95. The number of nitrogens with two attached hydrogens (primary N) is 1. The second-order valence-electron chi connectivity index (χ2n) is 7.37. The van der Waals surface area contributed by atoms with E-state index in [9.17, 15) is 4.79 Å². The minimum atomic E-state index is -0.315. The van der Waals surface area contributed by atoms with Gasteiger partial charge in [-0.1, -0.05) is 12.1 Å². The molecule has 6 heteroatoms. The first-order valence-corrected chi connectivity index (χ1v) is 9.63. The number of nitrogens with zero attached hydrogens (tertiary/aromatic N) is 4. The summed E-state index contributed by atoms with van der Waals surface area (Å²) in [4.78, 5) is 24.8. The summed E-state index contributed by atoms with van der Waals surface area (Å²) >= 11 is 0. The Morgan fingerprint density at radius 2 is 2.04 bits per heavy atom. The van der Waals surface area contributed by atoms with Crippen molar-refractivity contribution in [3.05, 3.63) is 59.2 Å². The number of hydrogen-bond donors (Lipinski definition) is 1. The highest BCUT2D eigenvalue weighted by Gasteiger charge is 2.26. The lowest BCUT2D eigenvalue weighted by molar-refractivity contribution is 0.113. The molecule has 1 aliphatic rings. The van der Waals surface area contributed by atoms with Crippen molar-refractivity contribution >= 4 is 6.03 Å². The Balaban J connectivity index is 1.71. The average molecular weight is 367 g/mol. The molecule has 3 heterocycles. The fourth-order valence-electron chi connectivity index (χ4n) is 3.75. The number of amides is 2. The minimum absolute atomic E-state index is 0.315. The molecule has 0 atom stereocenters. The van der Waals surface area contributed by atoms with Crippen molar-refractivity contribution in [1.29, 1.82) is 0 Å². The van der Waals surface area contributed by atoms with Gasteiger partial charge in [-0.05, 0) is 49.9 Å². The summed E-state index contributed by atoms with van der Waals surface area (Å²) in [5.74, 6) is 0. The normalized spacial score (nSPS) is 15.3. The van der Waals surface area contributed by atoms with E-state index in [-0.39, 0.29) is 6.03 Å². The zero-order valence-corrected chi connectivity index (χ0v) is 16.3. The fraction of sp³-hybridized carbons (Fsp3) is 0.476. The number of aryl methyl sites for hydroxylation is 2. The Morgan fingerprint density at radius 3 is 2.67 bits per heavy atom. The van der Waals surface area contributed by atoms with Gasteiger partial charge in [-0.2, -0.15) is 0 Å². The number of rotatable bonds is 6. The highest BCUT2D eigenvalue weighted by Crippen LogP contribution is 2.20. The van der Waals surface area contributed by atoms with Gasteiger partial charge in [-0.15, -0.1) is 0 Å². The van der Waals surface area contributed by atoms with Crippen LogP contribution in [0.1, 0.15) is 35.4 Å². The average Bonchev–Trinajstić information content (AvgIpc) is 2.67. The number of aromatic nitrogens is 2. The topological polar surface area (TPSA) is 75.3 Å². The molecule has 2 aromatic rings. The molecule has 0 aliphatic carbocycles. The van der Waals surface area contributed by atoms with Crippen LogP contribution in [-0.4, -0.2) is 51.5 Å². The van der Waals surface area contributed by atoms with Crippen LogP contribution < -0.4 is 5.73 Å². The summed E-state index contributed by atoms with van der Waals surface area (Å²) in [6.07, 6.45) is 6.57. The molecule has 144 valence electrons. The largest absolute Gasteiger partial charge is 0.351 e. The first-order chi connectivity index (χ1) is 13.0. The van der Waals surface area contributed by atoms with Gasteiger partial charge in [0.05, 0.1) is 5.69 Å². The lowest BCUT2D eigenvalue weighted by atomic mass is 10.0. The molecule has 3 rings (SSSR count). The Bertz CT molecular complexity index is 756. The number of primary amides is 1. The van der Waals surface area contributed by atoms with Gasteiger partial charge in [0.1, 0.15) is 0 Å². The van der Waals surface area contributed by atoms with E-state index >= 15 is 0 Å². The number of hydrogen-bond acceptors (Lipinski definition) is 4. The third-order valence-corrected chi connectivity index (χ3v) is 5.35. The van der Waals surface area contributed by atoms with Gasteiger partial charge in [0.25, 0.3) is 0 Å². The van der Waals surface area contributed by atoms with E-state index in [1.54, 1.807) is 4.90 Å². The maximum absolute atomic E-state index is 11.4. The molecular weight excluding hydrogens is 338 g/mol. The number of piperidine rings is 1. The lowest BCUT2D eigenvalue weighted by Crippen LogP contribution is -2.48. The summed E-state index contributed by atoms with van der Waals surface area (Å²) < 4.78 is 0. The molecule has 0 radical (unpaired) electrons. The van der Waals surface area contributed by atoms with Gasteiger partial charge in [0, 0.05) is 56.7 Å². The van der Waals surface area contributed by atoms with E-state index < -0.39 is 0 Å². The molecule has 2 aromatic heterocycles. The van der Waals surface area contributed by atoms with E-state index in [0.717, 1.165) is 56.8 Å². The maximum Gasteiger partial charge on any atom is 0.314 e. The molecule has 0 spiro atoms. The number of likely N-dealkylation sites (tertiary alicyclic amines) is 1. The van der Waals surface area contributed by atoms with Crippen molar-refractivity contribution in [2.24, 2.45) is 5.73 Å². The molecule has 0 bridgehead atoms. The summed E-state index contributed by atoms with van der Waals surface area (Å²) in [6, 6.07) is 8.35. The summed E-state index contributed by atoms with van der Waals surface area (Å²) in [7, 11) is 0. The molecule has 6 nitrogen and oxygen atoms in total. The van der Waals surface area contributed by atoms with Gasteiger partial charge in [-0.3, -0.25) is 14.9 Å². The Kier molecular flexibility index (Phi) is 6.40. The minimum Gasteiger partial charge on any atom is -0.351 e. The molecule has 0 saturated carbocycles. The monoisotopic (exact) mass is 367 g/mol. The van der Waals surface area contributed by atoms with Gasteiger partial charge < -0.3 is 10.6 Å². The van der Waals surface area contributed by atoms with Gasteiger partial charge in [0.15, 0.2) is 0 Å². The Morgan fingerprint density at radius 1 is 1.26 bits per heavy atom. The van der Waals surface area contributed by atoms with Crippen LogP contribution in [0.2, 0.25) is 0 Å². The quantitative estimate of drug-likeness (QED) is 0.852. The third kappa shape index (κ3) is 5.26. The van der Waals surface area contributed by atoms with Crippen molar-refractivity contribution in [3.63, 3.8) is 0 Å². The first kappa shape index (κ1) is 19.3. The second-order valence-corrected chi connectivity index (χ2v) is 7.37. The molecule has 1 fully saturated rings. The Hall–Kier alpha value is -2.47. The summed E-state index contributed by atoms with van der Waals surface area (Å²) in [5.41, 5.74) is 10.1. The highest BCUT2D eigenvalue weighted by atomic mass is 16.2. The predicted octanol–water partition coefficient (Wildman–Crippen LogP) is 2.68. The van der Waals surface area contributed by atoms with E-state index in [1.807, 2.05) is 24.5 Å². The fourth-order valence-corrected chi connectivity index (χ4v) is 3.75. The van der Waals surface area contributed by atoms with Crippen LogP contribution in [0.3, 0.4) is 0 Å². The van der Waals surface area contributed by atoms with Crippen molar-refractivity contribution in [2.45, 2.75) is 45.7 Å². The van der Waals surface area contributed by atoms with Crippen LogP contribution in [0.5, 0.6) is 0 Å². The van der Waals surface area contributed by atoms with Crippen LogP contribution >= 0.6 is 0 Å². The predicted molar refractivity (Wildman–Crippen MR) is 106 cm³/mol. The van der Waals surface area contributed by atoms with Crippen molar-refractivity contribution in [1.82, 2.24) is 19.8 Å². The lowest BCUT2D eigenvalue weighted by Gasteiger charge is -2.38. The van der Waals surface area contributed by atoms with Crippen molar-refractivity contribution < 1.29 is 4.79 Å². The van der Waals surface area contributed by atoms with Crippen LogP contribution in [0.25, 0.3) is 0 Å². The smallest absolute Gasteiger partial charge is 0.314 e. The zero-order chi connectivity index (χ0) is 19.2. The van der Waals surface area contributed by atoms with Crippen LogP contribution in [-0.2, 0) is 13.0 Å². The molecule has 27 heavy (non-hydrogen) atoms. The molecule has 1 aliphatic heterocycles. The molecule has 0 unspecified atom stereocenters. The molecule has 1 saturated heterocycles. The summed E-state index contributed by atoms with van der Waals surface area (Å²) in [6.45, 7) is 7.39. The molecular formula is C21H29N5O. The van der Waals surface area contributed by atoms with E-state index in [4.69, 9.17) is 5.73 Å². The molecule has 2 N–H and O–H groups in total. The van der Waals surface area contributed by atoms with Crippen LogP contribution in [0.15, 0.2) is 36.7 Å². The van der Waals surface area contributed by atoms with E-state index in [0.29, 0.717) is 6.04 Å². The SMILES string of the molecule is Cc1cnc(CN(CCc2ccccn2)C2CCN(C(N)=O)CC2)c(C)c1. The molecule has 0 aromatic carbocycles. The van der Waals surface area contributed by atoms with Crippen LogP contribution in [0, 0.1) is 13.8 Å². The van der Waals surface area contributed by atoms with Crippen molar-refractivity contribution in [2.75, 3.05) is 19.6 Å². The van der Waals surface area contributed by atoms with Crippen molar-refractivity contribution in [3.8, 4) is 0 Å². The van der Waals surface area contributed by atoms with Gasteiger partial charge >= 0.3 is 6.03 Å². The van der Waals surface area contributed by atoms with Gasteiger partial charge in [-0.25, -0.2) is 4.79 Å². The first-order valence-electron chi connectivity index (χ1n) is 9.63. The maximum atomic E-state index is 11.4. The number of carbonyl (C=O) groups excluding carboxylic acids is 1. The van der Waals surface area contributed by atoms with Gasteiger partial charge in [0.2, 0.25) is 0 Å². The highest BCUT2D eigenvalue weighted by molar-refractivity contribution is 5.72. The Labute approximate surface area is 161 Å². The van der Waals surface area contributed by atoms with E-state index in [1.165, 1.54) is 11.1 Å². The number of urea groups is 1. The molecule has 2 amide bonds. The third-order valence-electron chi connectivity index (χ3n) is 5.35. The number of carbonyl (C=O) groups is 1. The van der Waals surface area contributed by atoms with E-state index in [2.05, 4.69) is 40.8 Å². The number of pyridine rings is 2. The standard InChI is InChI=1S/C21H29N5O/c1-16-13-17(2)20(24-14-16)15-26(10-6-18-5-3-4-9-23-18)19-7-11-25(12-8-19)21(22)27/h3-5,9,13-14,19H,6-8,10-12,15H2,1-2H3,(H2,22,27). The zero-order valence-electron chi connectivity index (χ0n) is 16.3. The van der Waals surface area contributed by atoms with Crippen LogP contribution in [0.4, 0.5) is 4.79 Å². The summed E-state index contributed by atoms with van der Waals surface area (Å²) in [5, 5.41) is 0.